The standard InChI is InChI=1S/C17H18INO3/c1-3-21-15-9-13(17(19)20)8-14(18)16(15)22-10-12-7-5-4-6-11(12)2/h4-9H,3,10H2,1-2H3,(H2,19,20). The van der Waals surface area contributed by atoms with Crippen LogP contribution in [0.1, 0.15) is 28.4 Å². The van der Waals surface area contributed by atoms with Crippen molar-refractivity contribution in [1.82, 2.24) is 0 Å². The lowest BCUT2D eigenvalue weighted by Gasteiger charge is -2.15. The molecular formula is C17H18INO3. The lowest BCUT2D eigenvalue weighted by atomic mass is 10.1. The molecule has 0 fully saturated rings. The number of carbonyl (C=O) groups is 1. The van der Waals surface area contributed by atoms with Crippen LogP contribution in [0.15, 0.2) is 36.4 Å². The Kier molecular flexibility index (Phi) is 5.65. The second kappa shape index (κ2) is 7.49. The van der Waals surface area contributed by atoms with E-state index >= 15 is 0 Å². The maximum absolute atomic E-state index is 11.4. The summed E-state index contributed by atoms with van der Waals surface area (Å²) < 4.78 is 12.3. The Balaban J connectivity index is 2.29. The molecule has 22 heavy (non-hydrogen) atoms. The Morgan fingerprint density at radius 2 is 1.95 bits per heavy atom. The Morgan fingerprint density at radius 3 is 2.59 bits per heavy atom. The summed E-state index contributed by atoms with van der Waals surface area (Å²) in [5, 5.41) is 0. The number of carbonyl (C=O) groups excluding carboxylic acids is 1. The predicted octanol–water partition coefficient (Wildman–Crippen LogP) is 3.68. The number of nitrogens with two attached hydrogens (primary N) is 1. The smallest absolute Gasteiger partial charge is 0.248 e. The zero-order valence-corrected chi connectivity index (χ0v) is 14.7. The molecule has 0 aliphatic rings. The summed E-state index contributed by atoms with van der Waals surface area (Å²) in [6.45, 7) is 4.86. The topological polar surface area (TPSA) is 61.5 Å². The summed E-state index contributed by atoms with van der Waals surface area (Å²) in [7, 11) is 0. The second-order valence-corrected chi connectivity index (χ2v) is 5.96. The van der Waals surface area contributed by atoms with Crippen LogP contribution in [0.5, 0.6) is 11.5 Å². The number of primary amides is 1. The van der Waals surface area contributed by atoms with E-state index in [9.17, 15) is 4.79 Å². The third-order valence-corrected chi connectivity index (χ3v) is 4.03. The summed E-state index contributed by atoms with van der Waals surface area (Å²) in [6.07, 6.45) is 0. The number of amides is 1. The third kappa shape index (κ3) is 3.91. The number of ether oxygens (including phenoxy) is 2. The van der Waals surface area contributed by atoms with Gasteiger partial charge in [0.2, 0.25) is 5.91 Å². The number of benzene rings is 2. The fraction of sp³-hybridized carbons (Fsp3) is 0.235. The van der Waals surface area contributed by atoms with Crippen LogP contribution in [0.2, 0.25) is 0 Å². The van der Waals surface area contributed by atoms with Crippen molar-refractivity contribution in [3.8, 4) is 11.5 Å². The first-order valence-electron chi connectivity index (χ1n) is 6.96. The Hall–Kier alpha value is -1.76. The highest BCUT2D eigenvalue weighted by atomic mass is 127. The minimum atomic E-state index is -0.482. The fourth-order valence-electron chi connectivity index (χ4n) is 2.04. The van der Waals surface area contributed by atoms with E-state index in [0.29, 0.717) is 30.3 Å². The molecule has 5 heteroatoms. The molecule has 0 aromatic heterocycles. The number of hydrogen-bond acceptors (Lipinski definition) is 3. The van der Waals surface area contributed by atoms with Crippen molar-refractivity contribution in [2.45, 2.75) is 20.5 Å². The molecule has 116 valence electrons. The highest BCUT2D eigenvalue weighted by Crippen LogP contribution is 2.35. The van der Waals surface area contributed by atoms with Gasteiger partial charge in [0, 0.05) is 5.56 Å². The normalized spacial score (nSPS) is 10.3. The highest BCUT2D eigenvalue weighted by molar-refractivity contribution is 14.1. The molecule has 2 aromatic carbocycles. The number of hydrogen-bond donors (Lipinski definition) is 1. The Labute approximate surface area is 143 Å². The van der Waals surface area contributed by atoms with Crippen molar-refractivity contribution < 1.29 is 14.3 Å². The second-order valence-electron chi connectivity index (χ2n) is 4.80. The number of halogens is 1. The zero-order valence-electron chi connectivity index (χ0n) is 12.6. The van der Waals surface area contributed by atoms with Crippen molar-refractivity contribution in [2.75, 3.05) is 6.61 Å². The monoisotopic (exact) mass is 411 g/mol. The molecule has 2 aromatic rings. The molecule has 1 amide bonds. The molecule has 0 saturated heterocycles. The highest BCUT2D eigenvalue weighted by Gasteiger charge is 2.15. The van der Waals surface area contributed by atoms with E-state index in [1.807, 2.05) is 38.1 Å². The maximum Gasteiger partial charge on any atom is 0.248 e. The van der Waals surface area contributed by atoms with Crippen molar-refractivity contribution in [1.29, 1.82) is 0 Å². The molecule has 0 aliphatic carbocycles. The third-order valence-electron chi connectivity index (χ3n) is 3.23. The number of rotatable bonds is 6. The van der Waals surface area contributed by atoms with Gasteiger partial charge in [0.25, 0.3) is 0 Å². The molecule has 0 spiro atoms. The van der Waals surface area contributed by atoms with Gasteiger partial charge in [-0.05, 0) is 59.7 Å². The van der Waals surface area contributed by atoms with Gasteiger partial charge in [0.1, 0.15) is 6.61 Å². The van der Waals surface area contributed by atoms with Gasteiger partial charge in [-0.1, -0.05) is 24.3 Å². The molecule has 2 N–H and O–H groups in total. The van der Waals surface area contributed by atoms with Crippen molar-refractivity contribution >= 4 is 28.5 Å². The molecule has 2 rings (SSSR count). The van der Waals surface area contributed by atoms with Crippen LogP contribution in [0, 0.1) is 10.5 Å². The Morgan fingerprint density at radius 1 is 1.23 bits per heavy atom. The van der Waals surface area contributed by atoms with Gasteiger partial charge in [-0.3, -0.25) is 4.79 Å². The largest absolute Gasteiger partial charge is 0.490 e. The summed E-state index contributed by atoms with van der Waals surface area (Å²) >= 11 is 2.12. The molecule has 0 atom stereocenters. The average molecular weight is 411 g/mol. The molecular weight excluding hydrogens is 393 g/mol. The molecule has 0 aliphatic heterocycles. The van der Waals surface area contributed by atoms with Crippen LogP contribution in [0.4, 0.5) is 0 Å². The number of aryl methyl sites for hydroxylation is 1. The fourth-order valence-corrected chi connectivity index (χ4v) is 2.79. The van der Waals surface area contributed by atoms with Gasteiger partial charge >= 0.3 is 0 Å². The van der Waals surface area contributed by atoms with Crippen molar-refractivity contribution in [3.05, 3.63) is 56.7 Å². The van der Waals surface area contributed by atoms with Crippen LogP contribution in [0.3, 0.4) is 0 Å². The predicted molar refractivity (Wildman–Crippen MR) is 94.4 cm³/mol. The van der Waals surface area contributed by atoms with E-state index in [1.165, 1.54) is 5.56 Å². The van der Waals surface area contributed by atoms with Crippen LogP contribution in [0.25, 0.3) is 0 Å². The van der Waals surface area contributed by atoms with Gasteiger partial charge in [-0.2, -0.15) is 0 Å². The van der Waals surface area contributed by atoms with E-state index in [4.69, 9.17) is 15.2 Å². The van der Waals surface area contributed by atoms with E-state index in [-0.39, 0.29) is 0 Å². The summed E-state index contributed by atoms with van der Waals surface area (Å²) in [5.41, 5.74) is 8.04. The minimum absolute atomic E-state index is 0.413. The van der Waals surface area contributed by atoms with E-state index in [0.717, 1.165) is 9.13 Å². The first-order valence-corrected chi connectivity index (χ1v) is 8.04. The zero-order chi connectivity index (χ0) is 16.1. The van der Waals surface area contributed by atoms with Crippen molar-refractivity contribution in [2.24, 2.45) is 5.73 Å². The summed E-state index contributed by atoms with van der Waals surface area (Å²) in [6, 6.07) is 11.4. The SMILES string of the molecule is CCOc1cc(C(N)=O)cc(I)c1OCc1ccccc1C. The quantitative estimate of drug-likeness (QED) is 0.738. The molecule has 0 radical (unpaired) electrons. The first-order chi connectivity index (χ1) is 10.5. The maximum atomic E-state index is 11.4. The van der Waals surface area contributed by atoms with Crippen LogP contribution >= 0.6 is 22.6 Å². The molecule has 0 unspecified atom stereocenters. The summed E-state index contributed by atoms with van der Waals surface area (Å²) in [5.74, 6) is 0.691. The summed E-state index contributed by atoms with van der Waals surface area (Å²) in [4.78, 5) is 11.4. The van der Waals surface area contributed by atoms with E-state index < -0.39 is 5.91 Å². The van der Waals surface area contributed by atoms with Gasteiger partial charge in [0.15, 0.2) is 11.5 Å². The van der Waals surface area contributed by atoms with E-state index in [2.05, 4.69) is 22.6 Å². The van der Waals surface area contributed by atoms with Crippen LogP contribution in [-0.4, -0.2) is 12.5 Å². The lowest BCUT2D eigenvalue weighted by Crippen LogP contribution is -2.12. The van der Waals surface area contributed by atoms with Gasteiger partial charge < -0.3 is 15.2 Å². The van der Waals surface area contributed by atoms with Crippen LogP contribution in [-0.2, 0) is 6.61 Å². The van der Waals surface area contributed by atoms with Crippen LogP contribution < -0.4 is 15.2 Å². The van der Waals surface area contributed by atoms with Gasteiger partial charge in [-0.25, -0.2) is 0 Å². The first kappa shape index (κ1) is 16.6. The van der Waals surface area contributed by atoms with Gasteiger partial charge in [0.05, 0.1) is 10.2 Å². The van der Waals surface area contributed by atoms with Crippen molar-refractivity contribution in [3.63, 3.8) is 0 Å². The Bertz CT molecular complexity index is 686. The lowest BCUT2D eigenvalue weighted by molar-refractivity contribution is 0.0999. The molecule has 0 bridgehead atoms. The minimum Gasteiger partial charge on any atom is -0.490 e. The average Bonchev–Trinajstić information content (AvgIpc) is 2.48. The molecule has 4 nitrogen and oxygen atoms in total. The molecule has 0 heterocycles. The van der Waals surface area contributed by atoms with E-state index in [1.54, 1.807) is 12.1 Å². The molecule has 0 saturated carbocycles. The van der Waals surface area contributed by atoms with Gasteiger partial charge in [-0.15, -0.1) is 0 Å².